The highest BCUT2D eigenvalue weighted by molar-refractivity contribution is 6.35. The molecule has 2 heterocycles. The van der Waals surface area contributed by atoms with Crippen molar-refractivity contribution in [1.82, 2.24) is 14.9 Å². The summed E-state index contributed by atoms with van der Waals surface area (Å²) in [6, 6.07) is 3.01. The second-order valence-electron chi connectivity index (χ2n) is 7.90. The zero-order valence-electron chi connectivity index (χ0n) is 19.5. The van der Waals surface area contributed by atoms with Crippen LogP contribution < -0.4 is 15.4 Å². The summed E-state index contributed by atoms with van der Waals surface area (Å²) >= 11 is 6.27. The van der Waals surface area contributed by atoms with E-state index in [-0.39, 0.29) is 47.8 Å². The number of carbonyl (C=O) groups is 2. The quantitative estimate of drug-likeness (QED) is 0.464. The Bertz CT molecular complexity index is 1030. The van der Waals surface area contributed by atoms with Gasteiger partial charge < -0.3 is 24.8 Å². The Labute approximate surface area is 201 Å². The maximum atomic E-state index is 12.6. The summed E-state index contributed by atoms with van der Waals surface area (Å²) in [6.07, 6.45) is 2.04. The number of carbonyl (C=O) groups excluding carboxylic acids is 2. The third-order valence-corrected chi connectivity index (χ3v) is 4.45. The molecule has 2 aromatic heterocycles. The predicted octanol–water partition coefficient (Wildman–Crippen LogP) is 4.18. The Morgan fingerprint density at radius 2 is 2.00 bits per heavy atom. The van der Waals surface area contributed by atoms with Crippen molar-refractivity contribution in [2.75, 3.05) is 44.5 Å². The van der Waals surface area contributed by atoms with E-state index in [1.54, 1.807) is 33.9 Å². The molecule has 13 heteroatoms. The number of amides is 2. The van der Waals surface area contributed by atoms with Crippen LogP contribution in [0, 0.1) is 4.91 Å². The molecule has 0 saturated carbocycles. The molecule has 0 fully saturated rings. The van der Waals surface area contributed by atoms with Gasteiger partial charge in [0.1, 0.15) is 34.4 Å². The smallest absolute Gasteiger partial charge is 0.410 e. The summed E-state index contributed by atoms with van der Waals surface area (Å²) in [6.45, 7) is 5.33. The van der Waals surface area contributed by atoms with E-state index in [1.807, 2.05) is 0 Å². The monoisotopic (exact) mass is 494 g/mol. The van der Waals surface area contributed by atoms with Gasteiger partial charge in [-0.25, -0.2) is 14.8 Å². The van der Waals surface area contributed by atoms with E-state index in [4.69, 9.17) is 25.8 Å². The summed E-state index contributed by atoms with van der Waals surface area (Å²) in [7, 11) is 3.06. The molecule has 0 bridgehead atoms. The van der Waals surface area contributed by atoms with E-state index < -0.39 is 17.6 Å². The lowest BCUT2D eigenvalue weighted by atomic mass is 10.2. The van der Waals surface area contributed by atoms with Gasteiger partial charge >= 0.3 is 6.09 Å². The molecule has 184 valence electrons. The zero-order chi connectivity index (χ0) is 25.3. The molecule has 0 aliphatic rings. The highest BCUT2D eigenvalue weighted by Gasteiger charge is 2.24. The van der Waals surface area contributed by atoms with Crippen molar-refractivity contribution in [1.29, 1.82) is 0 Å². The number of hydrogen-bond acceptors (Lipinski definition) is 10. The highest BCUT2D eigenvalue weighted by Crippen LogP contribution is 2.39. The standard InChI is InChI=1S/C21H27ClN6O6/c1-21(2,3)34-20(30)28(8-9-32-5)12-16(29)26-15-10-13(6-7-24-15)33-14-11-25-19(27-31)18(23-4)17(14)22/h6-7,10-11,23H,8-9,12H2,1-5H3,(H,24,26,29). The Kier molecular flexibility index (Phi) is 9.51. The number of nitrogens with zero attached hydrogens (tertiary/aromatic N) is 4. The minimum atomic E-state index is -0.713. The summed E-state index contributed by atoms with van der Waals surface area (Å²) in [5.41, 5.74) is -0.495. The lowest BCUT2D eigenvalue weighted by Crippen LogP contribution is -2.42. The van der Waals surface area contributed by atoms with Crippen LogP contribution in [0.1, 0.15) is 20.8 Å². The van der Waals surface area contributed by atoms with Gasteiger partial charge in [0, 0.05) is 33.0 Å². The molecule has 0 radical (unpaired) electrons. The van der Waals surface area contributed by atoms with Gasteiger partial charge in [-0.15, -0.1) is 4.91 Å². The summed E-state index contributed by atoms with van der Waals surface area (Å²) in [5, 5.41) is 8.27. The summed E-state index contributed by atoms with van der Waals surface area (Å²) in [5.74, 6) is 0.0435. The molecule has 0 aromatic carbocycles. The van der Waals surface area contributed by atoms with E-state index in [2.05, 4.69) is 25.8 Å². The Morgan fingerprint density at radius 1 is 1.26 bits per heavy atom. The fourth-order valence-electron chi connectivity index (χ4n) is 2.61. The minimum absolute atomic E-state index is 0.106. The molecule has 2 amide bonds. The highest BCUT2D eigenvalue weighted by atomic mass is 35.5. The lowest BCUT2D eigenvalue weighted by Gasteiger charge is -2.26. The number of nitroso groups, excluding NO2 is 1. The molecule has 0 unspecified atom stereocenters. The van der Waals surface area contributed by atoms with Gasteiger partial charge in [0.15, 0.2) is 5.75 Å². The Morgan fingerprint density at radius 3 is 2.62 bits per heavy atom. The number of pyridine rings is 2. The van der Waals surface area contributed by atoms with E-state index in [0.717, 1.165) is 0 Å². The lowest BCUT2D eigenvalue weighted by molar-refractivity contribution is -0.117. The molecule has 2 rings (SSSR count). The number of ether oxygens (including phenoxy) is 3. The SMILES string of the molecule is CNc1c(N=O)ncc(Oc2ccnc(NC(=O)CN(CCOC)C(=O)OC(C)(C)C)c2)c1Cl. The largest absolute Gasteiger partial charge is 0.454 e. The number of methoxy groups -OCH3 is 1. The molecule has 2 N–H and O–H groups in total. The number of hydrogen-bond donors (Lipinski definition) is 2. The summed E-state index contributed by atoms with van der Waals surface area (Å²) < 4.78 is 16.1. The predicted molar refractivity (Wildman–Crippen MR) is 127 cm³/mol. The van der Waals surface area contributed by atoms with E-state index in [9.17, 15) is 14.5 Å². The molecule has 0 spiro atoms. The fraction of sp³-hybridized carbons (Fsp3) is 0.429. The molecule has 0 saturated heterocycles. The molecular formula is C21H27ClN6O6. The number of rotatable bonds is 10. The maximum Gasteiger partial charge on any atom is 0.410 e. The van der Waals surface area contributed by atoms with Gasteiger partial charge in [-0.2, -0.15) is 0 Å². The Balaban J connectivity index is 2.11. The molecule has 0 atom stereocenters. The number of nitrogens with one attached hydrogen (secondary N) is 2. The van der Waals surface area contributed by atoms with Crippen molar-refractivity contribution in [3.8, 4) is 11.5 Å². The van der Waals surface area contributed by atoms with Gasteiger partial charge in [0.05, 0.1) is 12.8 Å². The third-order valence-electron chi connectivity index (χ3n) is 4.08. The van der Waals surface area contributed by atoms with Crippen molar-refractivity contribution in [2.45, 2.75) is 26.4 Å². The first-order valence-corrected chi connectivity index (χ1v) is 10.6. The second kappa shape index (κ2) is 12.1. The topological polar surface area (TPSA) is 144 Å². The van der Waals surface area contributed by atoms with E-state index in [0.29, 0.717) is 5.75 Å². The van der Waals surface area contributed by atoms with Crippen LogP contribution in [0.4, 0.5) is 22.1 Å². The molecule has 34 heavy (non-hydrogen) atoms. The van der Waals surface area contributed by atoms with Crippen molar-refractivity contribution in [3.63, 3.8) is 0 Å². The van der Waals surface area contributed by atoms with Crippen LogP contribution in [-0.2, 0) is 14.3 Å². The first-order valence-electron chi connectivity index (χ1n) is 10.2. The van der Waals surface area contributed by atoms with Crippen molar-refractivity contribution in [3.05, 3.63) is 34.5 Å². The van der Waals surface area contributed by atoms with Crippen molar-refractivity contribution < 1.29 is 23.8 Å². The molecule has 2 aromatic rings. The average molecular weight is 495 g/mol. The second-order valence-corrected chi connectivity index (χ2v) is 8.28. The normalized spacial score (nSPS) is 10.9. The molecule has 12 nitrogen and oxygen atoms in total. The Hall–Kier alpha value is -3.51. The van der Waals surface area contributed by atoms with Crippen LogP contribution in [0.25, 0.3) is 0 Å². The van der Waals surface area contributed by atoms with Gasteiger partial charge in [0.25, 0.3) is 0 Å². The zero-order valence-corrected chi connectivity index (χ0v) is 20.3. The average Bonchev–Trinajstić information content (AvgIpc) is 2.76. The first kappa shape index (κ1) is 26.7. The van der Waals surface area contributed by atoms with Gasteiger partial charge in [-0.1, -0.05) is 11.6 Å². The number of aromatic nitrogens is 2. The molecular weight excluding hydrogens is 468 g/mol. The van der Waals surface area contributed by atoms with Crippen LogP contribution in [0.2, 0.25) is 5.02 Å². The number of anilines is 2. The third kappa shape index (κ3) is 7.81. The van der Waals surface area contributed by atoms with Gasteiger partial charge in [0.2, 0.25) is 11.7 Å². The van der Waals surface area contributed by atoms with Crippen LogP contribution in [0.15, 0.2) is 29.7 Å². The minimum Gasteiger partial charge on any atom is -0.454 e. The number of halogens is 1. The van der Waals surface area contributed by atoms with Crippen LogP contribution in [0.3, 0.4) is 0 Å². The van der Waals surface area contributed by atoms with Gasteiger partial charge in [-0.3, -0.25) is 9.69 Å². The maximum absolute atomic E-state index is 12.6. The van der Waals surface area contributed by atoms with Crippen LogP contribution in [0.5, 0.6) is 11.5 Å². The van der Waals surface area contributed by atoms with E-state index in [1.165, 1.54) is 30.5 Å². The van der Waals surface area contributed by atoms with Crippen molar-refractivity contribution in [2.24, 2.45) is 5.18 Å². The summed E-state index contributed by atoms with van der Waals surface area (Å²) in [4.78, 5) is 45.1. The van der Waals surface area contributed by atoms with E-state index >= 15 is 0 Å². The first-order chi connectivity index (χ1) is 16.1. The van der Waals surface area contributed by atoms with Crippen LogP contribution >= 0.6 is 11.6 Å². The van der Waals surface area contributed by atoms with Crippen LogP contribution in [-0.4, -0.2) is 66.3 Å². The fourth-order valence-corrected chi connectivity index (χ4v) is 2.88. The van der Waals surface area contributed by atoms with Crippen molar-refractivity contribution >= 4 is 40.9 Å². The molecule has 0 aliphatic carbocycles. The van der Waals surface area contributed by atoms with Gasteiger partial charge in [-0.05, 0) is 32.0 Å². The molecule has 0 aliphatic heterocycles.